The Kier molecular flexibility index (Phi) is 14.4. The molecule has 1 fully saturated rings. The number of rotatable bonds is 0. The number of hydrogen-bond acceptors (Lipinski definition) is 0. The predicted octanol–water partition coefficient (Wildman–Crippen LogP) is -2.20. The zero-order valence-corrected chi connectivity index (χ0v) is 15.6. The third-order valence-corrected chi connectivity index (χ3v) is 2.80. The summed E-state index contributed by atoms with van der Waals surface area (Å²) in [6.07, 6.45) is 23.0. The molecular weight excluding hydrogens is 470 g/mol. The van der Waals surface area contributed by atoms with Crippen molar-refractivity contribution in [1.29, 1.82) is 0 Å². The summed E-state index contributed by atoms with van der Waals surface area (Å²) in [6, 6.07) is 0. The first kappa shape index (κ1) is 20.3. The van der Waals surface area contributed by atoms with Crippen LogP contribution < -0.4 is 48.0 Å². The monoisotopic (exact) mass is 486 g/mol. The fourth-order valence-corrected chi connectivity index (χ4v) is 2.00. The smallest absolute Gasteiger partial charge is 1.00 e. The number of fused-ring (bicyclic) bond motifs is 1. The van der Waals surface area contributed by atoms with Crippen LogP contribution in [0, 0.1) is 18.4 Å². The minimum absolute atomic E-state index is 0. The van der Waals surface area contributed by atoms with Gasteiger partial charge in [-0.15, -0.1) is 25.0 Å². The summed E-state index contributed by atoms with van der Waals surface area (Å²) in [4.78, 5) is 0. The van der Waals surface area contributed by atoms with Gasteiger partial charge in [0.2, 0.25) is 0 Å². The Morgan fingerprint density at radius 3 is 2.53 bits per heavy atom. The summed E-state index contributed by atoms with van der Waals surface area (Å²) < 4.78 is 0. The van der Waals surface area contributed by atoms with E-state index in [0.717, 1.165) is 12.3 Å². The molecule has 0 heterocycles. The van der Waals surface area contributed by atoms with E-state index in [4.69, 9.17) is 0 Å². The molecule has 1 unspecified atom stereocenters. The molecule has 0 radical (unpaired) electrons. The van der Waals surface area contributed by atoms with E-state index in [1.54, 1.807) is 5.57 Å². The average molecular weight is 486 g/mol. The molecule has 0 aromatic rings. The van der Waals surface area contributed by atoms with Crippen molar-refractivity contribution in [3.63, 3.8) is 0 Å². The standard InChI is InChI=1S/C9H11.C5H5.2HI.Ti/c1-2-5-9-7-3-6-8(9)4-1;1-2-4-5-3-1;;;/h1-2,4,6,9H,3,5,7H2;1-3H,4H2;2*1H;/q2*-1;;;+4/p-2. The second-order valence-corrected chi connectivity index (χ2v) is 3.81. The molecular formula is C14H16I2Ti. The van der Waals surface area contributed by atoms with Gasteiger partial charge >= 0.3 is 21.7 Å². The Morgan fingerprint density at radius 2 is 2.00 bits per heavy atom. The summed E-state index contributed by atoms with van der Waals surface area (Å²) in [5, 5.41) is 0. The third kappa shape index (κ3) is 7.23. The Labute approximate surface area is 154 Å². The predicted molar refractivity (Wildman–Crippen MR) is 60.4 cm³/mol. The maximum Gasteiger partial charge on any atom is 4.00 e. The zero-order valence-electron chi connectivity index (χ0n) is 9.70. The van der Waals surface area contributed by atoms with Crippen molar-refractivity contribution >= 4 is 0 Å². The second kappa shape index (κ2) is 12.1. The Morgan fingerprint density at radius 1 is 1.18 bits per heavy atom. The maximum absolute atomic E-state index is 2.99. The van der Waals surface area contributed by atoms with E-state index >= 15 is 0 Å². The van der Waals surface area contributed by atoms with Crippen LogP contribution in [0.4, 0.5) is 0 Å². The molecule has 90 valence electrons. The molecule has 0 aromatic carbocycles. The molecule has 3 aliphatic rings. The van der Waals surface area contributed by atoms with Crippen molar-refractivity contribution in [2.24, 2.45) is 5.92 Å². The van der Waals surface area contributed by atoms with Gasteiger partial charge in [0.25, 0.3) is 0 Å². The normalized spacial score (nSPS) is 21.6. The van der Waals surface area contributed by atoms with Crippen LogP contribution in [0.25, 0.3) is 0 Å². The molecule has 0 amide bonds. The van der Waals surface area contributed by atoms with Crippen molar-refractivity contribution in [2.75, 3.05) is 0 Å². The van der Waals surface area contributed by atoms with Gasteiger partial charge in [0.1, 0.15) is 0 Å². The molecule has 0 bridgehead atoms. The summed E-state index contributed by atoms with van der Waals surface area (Å²) >= 11 is 0. The fourth-order valence-electron chi connectivity index (χ4n) is 2.00. The summed E-state index contributed by atoms with van der Waals surface area (Å²) in [5.41, 5.74) is 1.58. The van der Waals surface area contributed by atoms with E-state index in [1.165, 1.54) is 19.3 Å². The first-order valence-electron chi connectivity index (χ1n) is 5.38. The number of halogens is 2. The number of allylic oxidation sites excluding steroid dienone is 8. The van der Waals surface area contributed by atoms with Crippen LogP contribution in [0.2, 0.25) is 0 Å². The van der Waals surface area contributed by atoms with Gasteiger partial charge in [-0.1, -0.05) is 6.42 Å². The first-order valence-corrected chi connectivity index (χ1v) is 5.38. The van der Waals surface area contributed by atoms with E-state index in [2.05, 4.69) is 36.8 Å². The summed E-state index contributed by atoms with van der Waals surface area (Å²) in [6.45, 7) is 0. The molecule has 0 aromatic heterocycles. The van der Waals surface area contributed by atoms with Crippen LogP contribution in [0.1, 0.15) is 25.7 Å². The van der Waals surface area contributed by atoms with E-state index < -0.39 is 0 Å². The second-order valence-electron chi connectivity index (χ2n) is 3.81. The van der Waals surface area contributed by atoms with Crippen LogP contribution >= 0.6 is 0 Å². The molecule has 0 spiro atoms. The van der Waals surface area contributed by atoms with E-state index in [1.807, 2.05) is 12.2 Å². The van der Waals surface area contributed by atoms with E-state index in [9.17, 15) is 0 Å². The SMILES string of the molecule is C1=CCC2CC[CH-]C2=C1.[C-]1=CC=CC1.[I-].[I-].[Ti+4]. The van der Waals surface area contributed by atoms with Gasteiger partial charge in [-0.2, -0.15) is 6.08 Å². The average Bonchev–Trinajstić information content (AvgIpc) is 2.92. The van der Waals surface area contributed by atoms with E-state index in [-0.39, 0.29) is 69.7 Å². The molecule has 3 heteroatoms. The molecule has 3 aliphatic carbocycles. The molecule has 0 saturated heterocycles. The van der Waals surface area contributed by atoms with Crippen molar-refractivity contribution in [3.8, 4) is 0 Å². The Balaban J connectivity index is 0. The van der Waals surface area contributed by atoms with Gasteiger partial charge in [-0.25, -0.2) is 30.2 Å². The summed E-state index contributed by atoms with van der Waals surface area (Å²) in [5.74, 6) is 0.884. The van der Waals surface area contributed by atoms with Gasteiger partial charge in [0.05, 0.1) is 0 Å². The van der Waals surface area contributed by atoms with Crippen LogP contribution in [0.5, 0.6) is 0 Å². The van der Waals surface area contributed by atoms with Gasteiger partial charge < -0.3 is 48.0 Å². The minimum Gasteiger partial charge on any atom is -1.00 e. The first-order chi connectivity index (χ1) is 6.97. The van der Waals surface area contributed by atoms with Crippen molar-refractivity contribution in [3.05, 3.63) is 54.5 Å². The van der Waals surface area contributed by atoms with Crippen LogP contribution in [0.3, 0.4) is 0 Å². The van der Waals surface area contributed by atoms with Crippen molar-refractivity contribution in [2.45, 2.75) is 25.7 Å². The van der Waals surface area contributed by atoms with Crippen molar-refractivity contribution in [1.82, 2.24) is 0 Å². The van der Waals surface area contributed by atoms with Crippen LogP contribution in [0.15, 0.2) is 42.0 Å². The zero-order chi connectivity index (χ0) is 9.64. The van der Waals surface area contributed by atoms with Gasteiger partial charge in [0.15, 0.2) is 0 Å². The maximum atomic E-state index is 2.99. The Hall–Kier alpha value is 1.00. The van der Waals surface area contributed by atoms with Gasteiger partial charge in [-0.05, 0) is 12.3 Å². The third-order valence-electron chi connectivity index (χ3n) is 2.80. The summed E-state index contributed by atoms with van der Waals surface area (Å²) in [7, 11) is 0. The molecule has 0 nitrogen and oxygen atoms in total. The molecule has 1 saturated carbocycles. The number of hydrogen-bond donors (Lipinski definition) is 0. The quantitative estimate of drug-likeness (QED) is 0.208. The van der Waals surface area contributed by atoms with Gasteiger partial charge in [0, 0.05) is 0 Å². The molecule has 3 rings (SSSR count). The molecule has 1 atom stereocenters. The van der Waals surface area contributed by atoms with Gasteiger partial charge in [-0.3, -0.25) is 6.08 Å². The topological polar surface area (TPSA) is 0 Å². The van der Waals surface area contributed by atoms with Crippen LogP contribution in [-0.4, -0.2) is 0 Å². The Bertz CT molecular complexity index is 293. The molecule has 17 heavy (non-hydrogen) atoms. The van der Waals surface area contributed by atoms with E-state index in [0.29, 0.717) is 0 Å². The van der Waals surface area contributed by atoms with Crippen LogP contribution in [-0.2, 0) is 21.7 Å². The van der Waals surface area contributed by atoms with Crippen molar-refractivity contribution < 1.29 is 69.7 Å². The minimum atomic E-state index is 0. The molecule has 0 aliphatic heterocycles. The molecule has 0 N–H and O–H groups in total. The fraction of sp³-hybridized carbons (Fsp3) is 0.357. The largest absolute Gasteiger partial charge is 4.00 e.